The number of likely N-dealkylation sites (tertiary alicyclic amines) is 1. The zero-order chi connectivity index (χ0) is 21.0. The smallest absolute Gasteiger partial charge is 0.254 e. The van der Waals surface area contributed by atoms with E-state index < -0.39 is 5.91 Å². The standard InChI is InChI=1S/C22H26Cl2N2O3/c1-14-11-15(2)16(18(27)12-14)13-25-22(28)20-17(23)5-6-19(21(20)24)29-10-9-26-7-3-4-8-26/h5-6,11H,3-4,7-10,12-13H2,1-2H3,(H,25,28). The van der Waals surface area contributed by atoms with Gasteiger partial charge in [0.15, 0.2) is 5.78 Å². The van der Waals surface area contributed by atoms with E-state index in [1.807, 2.05) is 19.9 Å². The predicted octanol–water partition coefficient (Wildman–Crippen LogP) is 4.43. The van der Waals surface area contributed by atoms with Crippen molar-refractivity contribution in [2.45, 2.75) is 33.1 Å². The molecule has 5 nitrogen and oxygen atoms in total. The van der Waals surface area contributed by atoms with Crippen LogP contribution in [0.3, 0.4) is 0 Å². The summed E-state index contributed by atoms with van der Waals surface area (Å²) in [7, 11) is 0. The second-order valence-electron chi connectivity index (χ2n) is 7.57. The third-order valence-electron chi connectivity index (χ3n) is 5.29. The van der Waals surface area contributed by atoms with Crippen LogP contribution in [0, 0.1) is 0 Å². The fourth-order valence-corrected chi connectivity index (χ4v) is 4.32. The summed E-state index contributed by atoms with van der Waals surface area (Å²) in [6, 6.07) is 3.28. The zero-order valence-corrected chi connectivity index (χ0v) is 18.3. The highest BCUT2D eigenvalue weighted by molar-refractivity contribution is 6.40. The topological polar surface area (TPSA) is 58.6 Å². The van der Waals surface area contributed by atoms with Crippen LogP contribution in [-0.2, 0) is 4.79 Å². The maximum atomic E-state index is 12.7. The van der Waals surface area contributed by atoms with E-state index in [2.05, 4.69) is 10.2 Å². The SMILES string of the molecule is CC1=CC(C)=C(CNC(=O)c2c(Cl)ccc(OCCN3CCCC3)c2Cl)C(=O)C1. The first-order chi connectivity index (χ1) is 13.9. The number of allylic oxidation sites excluding steroid dienone is 3. The average molecular weight is 437 g/mol. The summed E-state index contributed by atoms with van der Waals surface area (Å²) < 4.78 is 5.80. The van der Waals surface area contributed by atoms with Crippen LogP contribution >= 0.6 is 23.2 Å². The molecule has 1 N–H and O–H groups in total. The minimum absolute atomic E-state index is 0.0268. The predicted molar refractivity (Wildman–Crippen MR) is 116 cm³/mol. The molecule has 0 radical (unpaired) electrons. The maximum absolute atomic E-state index is 12.7. The van der Waals surface area contributed by atoms with Gasteiger partial charge in [-0.25, -0.2) is 0 Å². The number of hydrogen-bond donors (Lipinski definition) is 1. The van der Waals surface area contributed by atoms with Gasteiger partial charge in [-0.2, -0.15) is 0 Å². The van der Waals surface area contributed by atoms with Gasteiger partial charge in [-0.1, -0.05) is 34.9 Å². The van der Waals surface area contributed by atoms with Crippen LogP contribution in [0.4, 0.5) is 0 Å². The van der Waals surface area contributed by atoms with E-state index >= 15 is 0 Å². The van der Waals surface area contributed by atoms with E-state index in [9.17, 15) is 9.59 Å². The van der Waals surface area contributed by atoms with Gasteiger partial charge >= 0.3 is 0 Å². The molecule has 2 aliphatic rings. The lowest BCUT2D eigenvalue weighted by Gasteiger charge is -2.18. The number of benzene rings is 1. The number of amides is 1. The number of nitrogens with one attached hydrogen (secondary N) is 1. The van der Waals surface area contributed by atoms with E-state index in [1.54, 1.807) is 12.1 Å². The van der Waals surface area contributed by atoms with Crippen LogP contribution in [0.15, 0.2) is 34.9 Å². The van der Waals surface area contributed by atoms with Gasteiger partial charge in [0, 0.05) is 25.1 Å². The molecule has 1 aromatic carbocycles. The monoisotopic (exact) mass is 436 g/mol. The minimum Gasteiger partial charge on any atom is -0.491 e. The van der Waals surface area contributed by atoms with Crippen LogP contribution in [0.1, 0.15) is 43.5 Å². The molecule has 1 saturated heterocycles. The lowest BCUT2D eigenvalue weighted by Crippen LogP contribution is -2.30. The molecule has 1 aliphatic carbocycles. The summed E-state index contributed by atoms with van der Waals surface area (Å²) >= 11 is 12.7. The lowest BCUT2D eigenvalue weighted by atomic mass is 9.92. The highest BCUT2D eigenvalue weighted by Crippen LogP contribution is 2.33. The van der Waals surface area contributed by atoms with Crippen LogP contribution < -0.4 is 10.1 Å². The number of ketones is 1. The average Bonchev–Trinajstić information content (AvgIpc) is 3.16. The summed E-state index contributed by atoms with van der Waals surface area (Å²) in [5, 5.41) is 3.21. The van der Waals surface area contributed by atoms with Gasteiger partial charge < -0.3 is 10.1 Å². The minimum atomic E-state index is -0.427. The molecular formula is C22H26Cl2N2O3. The fraction of sp³-hybridized carbons (Fsp3) is 0.455. The number of hydrogen-bond acceptors (Lipinski definition) is 4. The molecule has 1 amide bonds. The Labute approximate surface area is 181 Å². The first-order valence-electron chi connectivity index (χ1n) is 9.88. The van der Waals surface area contributed by atoms with Crippen molar-refractivity contribution in [1.82, 2.24) is 10.2 Å². The molecule has 0 bridgehead atoms. The summed E-state index contributed by atoms with van der Waals surface area (Å²) in [6.07, 6.45) is 4.79. The fourth-order valence-electron chi connectivity index (χ4n) is 3.73. The van der Waals surface area contributed by atoms with E-state index in [0.717, 1.165) is 30.8 Å². The molecule has 1 aliphatic heterocycles. The molecule has 0 unspecified atom stereocenters. The molecule has 156 valence electrons. The molecule has 1 heterocycles. The number of halogens is 2. The number of nitrogens with zero attached hydrogens (tertiary/aromatic N) is 1. The van der Waals surface area contributed by atoms with E-state index in [1.165, 1.54) is 12.8 Å². The maximum Gasteiger partial charge on any atom is 0.254 e. The van der Waals surface area contributed by atoms with Crippen molar-refractivity contribution in [3.05, 3.63) is 50.5 Å². The van der Waals surface area contributed by atoms with Crippen LogP contribution in [0.2, 0.25) is 10.0 Å². The van der Waals surface area contributed by atoms with Crippen molar-refractivity contribution in [2.75, 3.05) is 32.8 Å². The van der Waals surface area contributed by atoms with E-state index in [-0.39, 0.29) is 27.9 Å². The van der Waals surface area contributed by atoms with Crippen molar-refractivity contribution >= 4 is 34.9 Å². The lowest BCUT2D eigenvalue weighted by molar-refractivity contribution is -0.115. The molecule has 3 rings (SSSR count). The molecular weight excluding hydrogens is 411 g/mol. The van der Waals surface area contributed by atoms with Gasteiger partial charge in [-0.15, -0.1) is 0 Å². The highest BCUT2D eigenvalue weighted by Gasteiger charge is 2.22. The highest BCUT2D eigenvalue weighted by atomic mass is 35.5. The summed E-state index contributed by atoms with van der Waals surface area (Å²) in [6.45, 7) is 7.43. The third kappa shape index (κ3) is 5.41. The molecule has 0 aromatic heterocycles. The molecule has 1 aromatic rings. The molecule has 0 spiro atoms. The summed E-state index contributed by atoms with van der Waals surface area (Å²) in [4.78, 5) is 27.3. The van der Waals surface area contributed by atoms with Crippen molar-refractivity contribution < 1.29 is 14.3 Å². The Balaban J connectivity index is 1.66. The second-order valence-corrected chi connectivity index (χ2v) is 8.35. The van der Waals surface area contributed by atoms with Crippen molar-refractivity contribution in [2.24, 2.45) is 0 Å². The van der Waals surface area contributed by atoms with Crippen LogP contribution in [0.25, 0.3) is 0 Å². The Kier molecular flexibility index (Phi) is 7.38. The zero-order valence-electron chi connectivity index (χ0n) is 16.8. The normalized spacial score (nSPS) is 17.5. The molecule has 7 heteroatoms. The number of carbonyl (C=O) groups excluding carboxylic acids is 2. The van der Waals surface area contributed by atoms with Crippen molar-refractivity contribution in [1.29, 1.82) is 0 Å². The van der Waals surface area contributed by atoms with Gasteiger partial charge in [0.2, 0.25) is 0 Å². The Morgan fingerprint density at radius 1 is 1.21 bits per heavy atom. The van der Waals surface area contributed by atoms with Gasteiger partial charge in [0.25, 0.3) is 5.91 Å². The number of carbonyl (C=O) groups is 2. The van der Waals surface area contributed by atoms with Gasteiger partial charge in [-0.05, 0) is 57.5 Å². The summed E-state index contributed by atoms with van der Waals surface area (Å²) in [5.41, 5.74) is 2.66. The molecule has 29 heavy (non-hydrogen) atoms. The second kappa shape index (κ2) is 9.79. The van der Waals surface area contributed by atoms with Crippen LogP contribution in [-0.4, -0.2) is 49.4 Å². The first kappa shape index (κ1) is 21.9. The molecule has 0 saturated carbocycles. The molecule has 0 atom stereocenters. The van der Waals surface area contributed by atoms with Crippen LogP contribution in [0.5, 0.6) is 5.75 Å². The Bertz CT molecular complexity index is 871. The van der Waals surface area contributed by atoms with Crippen molar-refractivity contribution in [3.63, 3.8) is 0 Å². The van der Waals surface area contributed by atoms with Gasteiger partial charge in [-0.3, -0.25) is 14.5 Å². The van der Waals surface area contributed by atoms with E-state index in [0.29, 0.717) is 24.4 Å². The number of Topliss-reactive ketones (excluding diaryl/α,β-unsaturated/α-hetero) is 1. The Morgan fingerprint density at radius 3 is 2.62 bits per heavy atom. The Morgan fingerprint density at radius 2 is 1.93 bits per heavy atom. The summed E-state index contributed by atoms with van der Waals surface area (Å²) in [5.74, 6) is 0.0338. The first-order valence-corrected chi connectivity index (χ1v) is 10.6. The number of rotatable bonds is 7. The molecule has 1 fully saturated rings. The third-order valence-corrected chi connectivity index (χ3v) is 5.98. The number of ether oxygens (including phenoxy) is 1. The largest absolute Gasteiger partial charge is 0.491 e. The van der Waals surface area contributed by atoms with E-state index in [4.69, 9.17) is 27.9 Å². The van der Waals surface area contributed by atoms with Gasteiger partial charge in [0.05, 0.1) is 15.6 Å². The van der Waals surface area contributed by atoms with Crippen molar-refractivity contribution in [3.8, 4) is 5.75 Å². The Hall–Kier alpha value is -1.82. The quantitative estimate of drug-likeness (QED) is 0.686. The van der Waals surface area contributed by atoms with Gasteiger partial charge in [0.1, 0.15) is 12.4 Å².